The third kappa shape index (κ3) is 1.34. The van der Waals surface area contributed by atoms with E-state index in [0.29, 0.717) is 11.6 Å². The van der Waals surface area contributed by atoms with Gasteiger partial charge in [-0.05, 0) is 42.4 Å². The summed E-state index contributed by atoms with van der Waals surface area (Å²) in [6.45, 7) is 6.82. The van der Waals surface area contributed by atoms with E-state index in [1.807, 2.05) is 11.7 Å². The summed E-state index contributed by atoms with van der Waals surface area (Å²) in [5, 5.41) is 0. The summed E-state index contributed by atoms with van der Waals surface area (Å²) in [6, 6.07) is 6.26. The predicted octanol–water partition coefficient (Wildman–Crippen LogP) is 3.49. The van der Waals surface area contributed by atoms with E-state index in [0.717, 1.165) is 24.1 Å². The number of benzene rings is 1. The minimum absolute atomic E-state index is 0.0134. The van der Waals surface area contributed by atoms with Gasteiger partial charge in [-0.1, -0.05) is 26.8 Å². The fraction of sp³-hybridized carbons (Fsp3) is 0.500. The highest BCUT2D eigenvalue weighted by atomic mass is 19.1. The Hall–Kier alpha value is -1.84. The Morgan fingerprint density at radius 3 is 2.64 bits per heavy atom. The lowest BCUT2D eigenvalue weighted by Gasteiger charge is -2.36. The van der Waals surface area contributed by atoms with Crippen LogP contribution in [0.5, 0.6) is 0 Å². The van der Waals surface area contributed by atoms with E-state index in [1.165, 1.54) is 12.1 Å². The Labute approximate surface area is 129 Å². The molecule has 4 heteroatoms. The van der Waals surface area contributed by atoms with Crippen LogP contribution in [-0.2, 0) is 12.5 Å². The third-order valence-corrected chi connectivity index (χ3v) is 6.45. The Kier molecular flexibility index (Phi) is 2.46. The molecule has 1 aromatic heterocycles. The van der Waals surface area contributed by atoms with Crippen molar-refractivity contribution in [1.29, 1.82) is 0 Å². The topological polar surface area (TPSA) is 26.9 Å². The summed E-state index contributed by atoms with van der Waals surface area (Å²) in [5.41, 5.74) is 2.83. The van der Waals surface area contributed by atoms with Crippen LogP contribution in [0.3, 0.4) is 0 Å². The molecule has 0 radical (unpaired) electrons. The van der Waals surface area contributed by atoms with Crippen LogP contribution in [0.15, 0.2) is 29.1 Å². The molecule has 22 heavy (non-hydrogen) atoms. The maximum Gasteiger partial charge on any atom is 0.275 e. The summed E-state index contributed by atoms with van der Waals surface area (Å²) in [7, 11) is 1.92. The molecular weight excluding hydrogens is 279 g/mol. The van der Waals surface area contributed by atoms with Gasteiger partial charge in [-0.25, -0.2) is 9.07 Å². The standard InChI is InChI=1S/C18H21FN2O/c1-17(2)13-8-9-18(17,3)15-14(13)16(22)21(20(15)4)12-7-5-6-11(19)10-12/h5-7,10,13H,8-9H2,1-4H3/t13-,18?/m1/s1. The van der Waals surface area contributed by atoms with Crippen molar-refractivity contribution in [3.63, 3.8) is 0 Å². The Balaban J connectivity index is 2.03. The van der Waals surface area contributed by atoms with E-state index < -0.39 is 0 Å². The second kappa shape index (κ2) is 3.92. The molecule has 2 aromatic rings. The van der Waals surface area contributed by atoms with Crippen LogP contribution in [0.2, 0.25) is 0 Å². The normalized spacial score (nSPS) is 28.1. The maximum atomic E-state index is 13.6. The minimum Gasteiger partial charge on any atom is -0.284 e. The van der Waals surface area contributed by atoms with E-state index in [1.54, 1.807) is 16.8 Å². The molecule has 2 aliphatic carbocycles. The first-order valence-corrected chi connectivity index (χ1v) is 7.87. The van der Waals surface area contributed by atoms with Gasteiger partial charge in [0, 0.05) is 18.0 Å². The molecule has 1 aromatic carbocycles. The van der Waals surface area contributed by atoms with Crippen molar-refractivity contribution >= 4 is 0 Å². The number of nitrogens with zero attached hydrogens (tertiary/aromatic N) is 2. The molecule has 1 saturated carbocycles. The molecule has 1 unspecified atom stereocenters. The van der Waals surface area contributed by atoms with Gasteiger partial charge < -0.3 is 0 Å². The lowest BCUT2D eigenvalue weighted by atomic mass is 9.70. The summed E-state index contributed by atoms with van der Waals surface area (Å²) in [4.78, 5) is 13.0. The zero-order valence-electron chi connectivity index (χ0n) is 13.5. The zero-order valence-corrected chi connectivity index (χ0v) is 13.5. The molecule has 3 nitrogen and oxygen atoms in total. The van der Waals surface area contributed by atoms with Gasteiger partial charge in [0.1, 0.15) is 5.82 Å². The molecule has 2 atom stereocenters. The fourth-order valence-electron chi connectivity index (χ4n) is 4.92. The number of rotatable bonds is 1. The van der Waals surface area contributed by atoms with E-state index >= 15 is 0 Å². The number of aromatic nitrogens is 2. The number of hydrogen-bond donors (Lipinski definition) is 0. The molecule has 0 N–H and O–H groups in total. The monoisotopic (exact) mass is 300 g/mol. The molecule has 2 bridgehead atoms. The van der Waals surface area contributed by atoms with Crippen molar-refractivity contribution in [2.45, 2.75) is 44.9 Å². The van der Waals surface area contributed by atoms with E-state index in [2.05, 4.69) is 20.8 Å². The van der Waals surface area contributed by atoms with Crippen LogP contribution in [0.25, 0.3) is 5.69 Å². The Morgan fingerprint density at radius 1 is 1.27 bits per heavy atom. The highest BCUT2D eigenvalue weighted by Gasteiger charge is 2.62. The second-order valence-electron chi connectivity index (χ2n) is 7.53. The van der Waals surface area contributed by atoms with Gasteiger partial charge in [0.15, 0.2) is 0 Å². The Morgan fingerprint density at radius 2 is 2.00 bits per heavy atom. The molecule has 116 valence electrons. The molecule has 0 saturated heterocycles. The highest BCUT2D eigenvalue weighted by molar-refractivity contribution is 5.47. The van der Waals surface area contributed by atoms with Crippen LogP contribution >= 0.6 is 0 Å². The molecule has 0 spiro atoms. The van der Waals surface area contributed by atoms with Crippen LogP contribution < -0.4 is 5.56 Å². The van der Waals surface area contributed by atoms with Gasteiger partial charge in [0.2, 0.25) is 0 Å². The number of halogens is 1. The molecule has 4 rings (SSSR count). The minimum atomic E-state index is -0.319. The molecule has 2 aliphatic rings. The Bertz CT molecular complexity index is 845. The van der Waals surface area contributed by atoms with Crippen molar-refractivity contribution in [1.82, 2.24) is 9.36 Å². The lowest BCUT2D eigenvalue weighted by Crippen LogP contribution is -2.35. The third-order valence-electron chi connectivity index (χ3n) is 6.45. The van der Waals surface area contributed by atoms with E-state index in [4.69, 9.17) is 0 Å². The van der Waals surface area contributed by atoms with Crippen LogP contribution in [-0.4, -0.2) is 9.36 Å². The van der Waals surface area contributed by atoms with Gasteiger partial charge >= 0.3 is 0 Å². The largest absolute Gasteiger partial charge is 0.284 e. The van der Waals surface area contributed by atoms with Gasteiger partial charge in [-0.3, -0.25) is 9.48 Å². The number of fused-ring (bicyclic) bond motifs is 5. The molecular formula is C18H21FN2O. The first-order chi connectivity index (χ1) is 10.3. The molecule has 0 amide bonds. The van der Waals surface area contributed by atoms with Crippen LogP contribution in [0.4, 0.5) is 4.39 Å². The summed E-state index contributed by atoms with van der Waals surface area (Å²) in [6.07, 6.45) is 2.18. The SMILES string of the molecule is Cn1c2c(c(=O)n1-c1cccc(F)c1)[C@H]1CCC2(C)C1(C)C. The van der Waals surface area contributed by atoms with E-state index in [-0.39, 0.29) is 22.2 Å². The van der Waals surface area contributed by atoms with Crippen molar-refractivity contribution in [2.24, 2.45) is 12.5 Å². The second-order valence-corrected chi connectivity index (χ2v) is 7.53. The first-order valence-electron chi connectivity index (χ1n) is 7.87. The summed E-state index contributed by atoms with van der Waals surface area (Å²) < 4.78 is 17.1. The van der Waals surface area contributed by atoms with Gasteiger partial charge in [0.05, 0.1) is 11.4 Å². The first kappa shape index (κ1) is 13.8. The van der Waals surface area contributed by atoms with Gasteiger partial charge in [0.25, 0.3) is 5.56 Å². The molecule has 1 fully saturated rings. The fourth-order valence-corrected chi connectivity index (χ4v) is 4.92. The van der Waals surface area contributed by atoms with Crippen molar-refractivity contribution in [3.8, 4) is 5.69 Å². The predicted molar refractivity (Wildman–Crippen MR) is 84.1 cm³/mol. The maximum absolute atomic E-state index is 13.6. The van der Waals surface area contributed by atoms with Crippen LogP contribution in [0.1, 0.15) is 50.8 Å². The van der Waals surface area contributed by atoms with Crippen molar-refractivity contribution in [2.75, 3.05) is 0 Å². The number of hydrogen-bond acceptors (Lipinski definition) is 1. The molecule has 1 heterocycles. The van der Waals surface area contributed by atoms with E-state index in [9.17, 15) is 9.18 Å². The molecule has 0 aliphatic heterocycles. The van der Waals surface area contributed by atoms with Crippen LogP contribution in [0, 0.1) is 11.2 Å². The van der Waals surface area contributed by atoms with Gasteiger partial charge in [-0.2, -0.15) is 0 Å². The lowest BCUT2D eigenvalue weighted by molar-refractivity contribution is 0.218. The highest BCUT2D eigenvalue weighted by Crippen LogP contribution is 2.66. The summed E-state index contributed by atoms with van der Waals surface area (Å²) in [5.74, 6) is -0.0127. The summed E-state index contributed by atoms with van der Waals surface area (Å²) >= 11 is 0. The average molecular weight is 300 g/mol. The zero-order chi connectivity index (χ0) is 15.9. The quantitative estimate of drug-likeness (QED) is 0.792. The van der Waals surface area contributed by atoms with Gasteiger partial charge in [-0.15, -0.1) is 0 Å². The average Bonchev–Trinajstić information content (AvgIpc) is 2.91. The smallest absolute Gasteiger partial charge is 0.275 e. The van der Waals surface area contributed by atoms with Crippen molar-refractivity contribution in [3.05, 3.63) is 51.7 Å². The van der Waals surface area contributed by atoms with Crippen molar-refractivity contribution < 1.29 is 4.39 Å².